The molecule has 0 heterocycles. The van der Waals surface area contributed by atoms with Gasteiger partial charge in [-0.2, -0.15) is 0 Å². The zero-order valence-corrected chi connectivity index (χ0v) is 12.5. The van der Waals surface area contributed by atoms with E-state index in [1.807, 2.05) is 13.8 Å². The Hall–Kier alpha value is -1.26. The van der Waals surface area contributed by atoms with Crippen LogP contribution in [-0.4, -0.2) is 30.2 Å². The zero-order chi connectivity index (χ0) is 14.8. The number of carboxylic acids is 1. The van der Waals surface area contributed by atoms with Crippen molar-refractivity contribution in [2.24, 2.45) is 17.8 Å². The van der Waals surface area contributed by atoms with Gasteiger partial charge in [-0.05, 0) is 18.3 Å². The predicted molar refractivity (Wildman–Crippen MR) is 76.1 cm³/mol. The Bertz CT molecular complexity index is 276. The maximum atomic E-state index is 11.6. The molecule has 112 valence electrons. The van der Waals surface area contributed by atoms with Crippen LogP contribution in [0.15, 0.2) is 0 Å². The van der Waals surface area contributed by atoms with Crippen LogP contribution in [0.1, 0.15) is 47.0 Å². The highest BCUT2D eigenvalue weighted by atomic mass is 16.4. The Morgan fingerprint density at radius 1 is 1.05 bits per heavy atom. The number of aliphatic carboxylic acids is 1. The lowest BCUT2D eigenvalue weighted by molar-refractivity contribution is -0.142. The van der Waals surface area contributed by atoms with Gasteiger partial charge in [0.25, 0.3) is 0 Å². The van der Waals surface area contributed by atoms with E-state index in [-0.39, 0.29) is 12.6 Å². The minimum atomic E-state index is -0.853. The van der Waals surface area contributed by atoms with Gasteiger partial charge in [-0.15, -0.1) is 0 Å². The fraction of sp³-hybridized carbons (Fsp3) is 0.857. The van der Waals surface area contributed by atoms with Crippen molar-refractivity contribution in [3.05, 3.63) is 0 Å². The summed E-state index contributed by atoms with van der Waals surface area (Å²) in [6.45, 7) is 8.96. The Morgan fingerprint density at radius 3 is 2.00 bits per heavy atom. The third-order valence-corrected chi connectivity index (χ3v) is 3.32. The van der Waals surface area contributed by atoms with E-state index in [4.69, 9.17) is 5.11 Å². The number of hydrogen-bond donors (Lipinski definition) is 3. The van der Waals surface area contributed by atoms with Gasteiger partial charge in [0.05, 0.1) is 5.92 Å². The normalized spacial score (nSPS) is 12.5. The first-order valence-corrected chi connectivity index (χ1v) is 7.15. The summed E-state index contributed by atoms with van der Waals surface area (Å²) in [7, 11) is 0. The van der Waals surface area contributed by atoms with Crippen molar-refractivity contribution < 1.29 is 14.7 Å². The molecule has 0 aromatic carbocycles. The van der Waals surface area contributed by atoms with Crippen LogP contribution in [0, 0.1) is 17.8 Å². The third kappa shape index (κ3) is 8.46. The number of nitrogens with one attached hydrogen (secondary N) is 2. The number of rotatable bonds is 9. The lowest BCUT2D eigenvalue weighted by Crippen LogP contribution is -2.41. The lowest BCUT2D eigenvalue weighted by Gasteiger charge is -2.17. The van der Waals surface area contributed by atoms with Crippen LogP contribution in [-0.2, 0) is 4.79 Å². The molecular formula is C14H28N2O3. The highest BCUT2D eigenvalue weighted by Gasteiger charge is 2.19. The molecule has 1 atom stereocenters. The van der Waals surface area contributed by atoms with Crippen LogP contribution in [0.4, 0.5) is 4.79 Å². The fourth-order valence-electron chi connectivity index (χ4n) is 1.93. The van der Waals surface area contributed by atoms with Crippen molar-refractivity contribution in [3.63, 3.8) is 0 Å². The molecule has 3 N–H and O–H groups in total. The molecule has 0 aromatic rings. The van der Waals surface area contributed by atoms with E-state index in [9.17, 15) is 9.59 Å². The highest BCUT2D eigenvalue weighted by Crippen LogP contribution is 2.11. The number of carbonyl (C=O) groups excluding carboxylic acids is 1. The summed E-state index contributed by atoms with van der Waals surface area (Å²) in [5.74, 6) is -0.583. The van der Waals surface area contributed by atoms with Gasteiger partial charge in [0.2, 0.25) is 0 Å². The summed E-state index contributed by atoms with van der Waals surface area (Å²) in [5.41, 5.74) is 0. The lowest BCUT2D eigenvalue weighted by atomic mass is 9.97. The number of hydrogen-bond acceptors (Lipinski definition) is 2. The number of carboxylic acid groups (broad SMARTS) is 1. The topological polar surface area (TPSA) is 78.4 Å². The van der Waals surface area contributed by atoms with Crippen LogP contribution in [0.3, 0.4) is 0 Å². The molecule has 19 heavy (non-hydrogen) atoms. The number of amides is 2. The number of urea groups is 1. The van der Waals surface area contributed by atoms with Crippen molar-refractivity contribution >= 4 is 12.0 Å². The van der Waals surface area contributed by atoms with Gasteiger partial charge in [0, 0.05) is 13.1 Å². The predicted octanol–water partition coefficient (Wildman–Crippen LogP) is 2.47. The SMILES string of the molecule is CCC(CC)CNC(=O)NCC(CC(C)C)C(=O)O. The van der Waals surface area contributed by atoms with Gasteiger partial charge in [-0.1, -0.05) is 40.5 Å². The second-order valence-electron chi connectivity index (χ2n) is 5.44. The van der Waals surface area contributed by atoms with E-state index in [1.54, 1.807) is 0 Å². The molecule has 0 aromatic heterocycles. The standard InChI is InChI=1S/C14H28N2O3/c1-5-11(6-2)8-15-14(19)16-9-12(13(17)18)7-10(3)4/h10-12H,5-9H2,1-4H3,(H,17,18)(H2,15,16,19). The Kier molecular flexibility index (Phi) is 9.00. The third-order valence-electron chi connectivity index (χ3n) is 3.32. The van der Waals surface area contributed by atoms with Crippen molar-refractivity contribution in [1.29, 1.82) is 0 Å². The summed E-state index contributed by atoms with van der Waals surface area (Å²) < 4.78 is 0. The zero-order valence-electron chi connectivity index (χ0n) is 12.5. The smallest absolute Gasteiger partial charge is 0.314 e. The van der Waals surface area contributed by atoms with Crippen LogP contribution in [0.2, 0.25) is 0 Å². The molecule has 0 saturated heterocycles. The molecule has 0 aliphatic heterocycles. The molecule has 0 radical (unpaired) electrons. The monoisotopic (exact) mass is 272 g/mol. The first-order chi connectivity index (χ1) is 8.90. The van der Waals surface area contributed by atoms with Gasteiger partial charge in [-0.3, -0.25) is 4.79 Å². The molecule has 0 saturated carbocycles. The van der Waals surface area contributed by atoms with Crippen LogP contribution >= 0.6 is 0 Å². The molecule has 0 aliphatic carbocycles. The van der Waals surface area contributed by atoms with Gasteiger partial charge in [0.15, 0.2) is 0 Å². The average Bonchev–Trinajstić information content (AvgIpc) is 2.34. The Labute approximate surface area is 116 Å². The van der Waals surface area contributed by atoms with E-state index in [0.717, 1.165) is 12.8 Å². The van der Waals surface area contributed by atoms with Crippen LogP contribution in [0.5, 0.6) is 0 Å². The van der Waals surface area contributed by atoms with Crippen LogP contribution < -0.4 is 10.6 Å². The van der Waals surface area contributed by atoms with Crippen molar-refractivity contribution in [2.45, 2.75) is 47.0 Å². The highest BCUT2D eigenvalue weighted by molar-refractivity contribution is 5.75. The quantitative estimate of drug-likeness (QED) is 0.603. The summed E-state index contributed by atoms with van der Waals surface area (Å²) >= 11 is 0. The molecule has 1 unspecified atom stereocenters. The Balaban J connectivity index is 4.01. The van der Waals surface area contributed by atoms with Crippen LogP contribution in [0.25, 0.3) is 0 Å². The minimum Gasteiger partial charge on any atom is -0.481 e. The second kappa shape index (κ2) is 9.64. The molecule has 0 bridgehead atoms. The molecular weight excluding hydrogens is 244 g/mol. The molecule has 5 nitrogen and oxygen atoms in total. The van der Waals surface area contributed by atoms with E-state index in [0.29, 0.717) is 24.8 Å². The van der Waals surface area contributed by atoms with Gasteiger partial charge in [0.1, 0.15) is 0 Å². The van der Waals surface area contributed by atoms with Gasteiger partial charge in [-0.25, -0.2) is 4.79 Å². The minimum absolute atomic E-state index is 0.183. The van der Waals surface area contributed by atoms with Crippen molar-refractivity contribution in [3.8, 4) is 0 Å². The van der Waals surface area contributed by atoms with Crippen molar-refractivity contribution in [1.82, 2.24) is 10.6 Å². The first-order valence-electron chi connectivity index (χ1n) is 7.15. The molecule has 0 rings (SSSR count). The molecule has 0 fully saturated rings. The fourth-order valence-corrected chi connectivity index (χ4v) is 1.93. The van der Waals surface area contributed by atoms with E-state index in [1.165, 1.54) is 0 Å². The summed E-state index contributed by atoms with van der Waals surface area (Å²) in [5, 5.41) is 14.5. The first kappa shape index (κ1) is 17.7. The van der Waals surface area contributed by atoms with E-state index >= 15 is 0 Å². The second-order valence-corrected chi connectivity index (χ2v) is 5.44. The van der Waals surface area contributed by atoms with Crippen molar-refractivity contribution in [2.75, 3.05) is 13.1 Å². The largest absolute Gasteiger partial charge is 0.481 e. The molecule has 0 aliphatic rings. The number of carbonyl (C=O) groups is 2. The van der Waals surface area contributed by atoms with Gasteiger partial charge < -0.3 is 15.7 Å². The molecule has 0 spiro atoms. The average molecular weight is 272 g/mol. The summed E-state index contributed by atoms with van der Waals surface area (Å²) in [6, 6.07) is -0.276. The Morgan fingerprint density at radius 2 is 1.58 bits per heavy atom. The maximum absolute atomic E-state index is 11.6. The van der Waals surface area contributed by atoms with Gasteiger partial charge >= 0.3 is 12.0 Å². The van der Waals surface area contributed by atoms with E-state index < -0.39 is 11.9 Å². The maximum Gasteiger partial charge on any atom is 0.314 e. The van der Waals surface area contributed by atoms with E-state index in [2.05, 4.69) is 24.5 Å². The summed E-state index contributed by atoms with van der Waals surface area (Å²) in [4.78, 5) is 22.6. The molecule has 2 amide bonds. The summed E-state index contributed by atoms with van der Waals surface area (Å²) in [6.07, 6.45) is 2.63. The molecule has 5 heteroatoms.